The van der Waals surface area contributed by atoms with Gasteiger partial charge in [-0.3, -0.25) is 9.36 Å². The number of benzene rings is 1. The van der Waals surface area contributed by atoms with E-state index in [0.717, 1.165) is 10.8 Å². The van der Waals surface area contributed by atoms with Gasteiger partial charge in [-0.25, -0.2) is 9.18 Å². The number of ether oxygens (including phenoxy) is 1. The van der Waals surface area contributed by atoms with Crippen LogP contribution in [0.15, 0.2) is 47.4 Å². The van der Waals surface area contributed by atoms with E-state index in [1.807, 2.05) is 0 Å². The predicted molar refractivity (Wildman–Crippen MR) is 88.0 cm³/mol. The first-order chi connectivity index (χ1) is 12.0. The minimum Gasteiger partial charge on any atom is -0.393 e. The molecule has 0 unspecified atom stereocenters. The van der Waals surface area contributed by atoms with Crippen molar-refractivity contribution in [3.63, 3.8) is 0 Å². The molecule has 0 aliphatic carbocycles. The standard InChI is InChI=1S/C16H13ClFN3O4/c17-10-3-1-2-9(6-10)15(23)19-14-12(18)7-21(16(24)20-14)13-5-4-11(8-22)25-13/h1-7,11,13,22H,8H2,(H,19,20,23,24)/t11-,13+/m0/s1. The van der Waals surface area contributed by atoms with Gasteiger partial charge in [0.05, 0.1) is 12.8 Å². The molecule has 0 bridgehead atoms. The maximum absolute atomic E-state index is 14.2. The van der Waals surface area contributed by atoms with E-state index in [1.54, 1.807) is 18.2 Å². The first kappa shape index (κ1) is 17.3. The second-order valence-electron chi connectivity index (χ2n) is 5.22. The fourth-order valence-electron chi connectivity index (χ4n) is 2.28. The smallest absolute Gasteiger partial charge is 0.352 e. The summed E-state index contributed by atoms with van der Waals surface area (Å²) < 4.78 is 20.5. The third-order valence-electron chi connectivity index (χ3n) is 3.48. The fraction of sp³-hybridized carbons (Fsp3) is 0.188. The average Bonchev–Trinajstić information content (AvgIpc) is 3.06. The van der Waals surface area contributed by atoms with E-state index in [1.165, 1.54) is 18.2 Å². The van der Waals surface area contributed by atoms with Crippen molar-refractivity contribution in [3.8, 4) is 0 Å². The summed E-state index contributed by atoms with van der Waals surface area (Å²) in [6.07, 6.45) is 2.52. The topological polar surface area (TPSA) is 93.5 Å². The highest BCUT2D eigenvalue weighted by Crippen LogP contribution is 2.20. The molecule has 0 fully saturated rings. The van der Waals surface area contributed by atoms with Gasteiger partial charge >= 0.3 is 5.69 Å². The molecule has 130 valence electrons. The number of rotatable bonds is 4. The molecule has 25 heavy (non-hydrogen) atoms. The molecule has 2 atom stereocenters. The molecular formula is C16H13ClFN3O4. The first-order valence-electron chi connectivity index (χ1n) is 7.28. The minimum atomic E-state index is -0.903. The monoisotopic (exact) mass is 365 g/mol. The van der Waals surface area contributed by atoms with Crippen LogP contribution < -0.4 is 11.0 Å². The van der Waals surface area contributed by atoms with Crippen LogP contribution in [-0.4, -0.2) is 33.3 Å². The van der Waals surface area contributed by atoms with Gasteiger partial charge in [0.1, 0.15) is 6.10 Å². The molecule has 2 aromatic rings. The van der Waals surface area contributed by atoms with Gasteiger partial charge in [-0.05, 0) is 24.3 Å². The number of anilines is 1. The molecule has 1 amide bonds. The van der Waals surface area contributed by atoms with Crippen molar-refractivity contribution in [2.24, 2.45) is 0 Å². The van der Waals surface area contributed by atoms with Gasteiger partial charge < -0.3 is 15.2 Å². The molecule has 0 saturated carbocycles. The SMILES string of the molecule is O=C(Nc1nc(=O)n([C@H]2C=C[C@@H](CO)O2)cc1F)c1cccc(Cl)c1. The quantitative estimate of drug-likeness (QED) is 0.805. The summed E-state index contributed by atoms with van der Waals surface area (Å²) in [6.45, 7) is -0.258. The summed E-state index contributed by atoms with van der Waals surface area (Å²) in [5, 5.41) is 11.6. The molecular weight excluding hydrogens is 353 g/mol. The van der Waals surface area contributed by atoms with Crippen LogP contribution in [0.3, 0.4) is 0 Å². The van der Waals surface area contributed by atoms with Crippen LogP contribution in [0.5, 0.6) is 0 Å². The van der Waals surface area contributed by atoms with Crippen molar-refractivity contribution in [1.29, 1.82) is 0 Å². The predicted octanol–water partition coefficient (Wildman–Crippen LogP) is 1.73. The number of hydrogen-bond donors (Lipinski definition) is 2. The van der Waals surface area contributed by atoms with Gasteiger partial charge in [0.25, 0.3) is 5.91 Å². The van der Waals surface area contributed by atoms with Crippen molar-refractivity contribution in [1.82, 2.24) is 9.55 Å². The van der Waals surface area contributed by atoms with E-state index in [2.05, 4.69) is 10.3 Å². The van der Waals surface area contributed by atoms with Crippen molar-refractivity contribution in [2.45, 2.75) is 12.3 Å². The summed E-state index contributed by atoms with van der Waals surface area (Å²) in [4.78, 5) is 27.7. The summed E-state index contributed by atoms with van der Waals surface area (Å²) in [6, 6.07) is 6.06. The Kier molecular flexibility index (Phi) is 4.93. The first-order valence-corrected chi connectivity index (χ1v) is 7.66. The number of nitrogens with one attached hydrogen (secondary N) is 1. The number of hydrogen-bond acceptors (Lipinski definition) is 5. The lowest BCUT2D eigenvalue weighted by Gasteiger charge is -2.15. The van der Waals surface area contributed by atoms with Crippen LogP contribution in [0, 0.1) is 5.82 Å². The van der Waals surface area contributed by atoms with Crippen LogP contribution in [-0.2, 0) is 4.74 Å². The second-order valence-corrected chi connectivity index (χ2v) is 5.66. The number of amides is 1. The molecule has 0 saturated heterocycles. The lowest BCUT2D eigenvalue weighted by Crippen LogP contribution is -2.30. The third kappa shape index (κ3) is 3.76. The zero-order valence-corrected chi connectivity index (χ0v) is 13.5. The van der Waals surface area contributed by atoms with Gasteiger partial charge in [0, 0.05) is 10.6 Å². The Balaban J connectivity index is 1.82. The summed E-state index contributed by atoms with van der Waals surface area (Å²) in [5.41, 5.74) is -0.609. The van der Waals surface area contributed by atoms with Crippen LogP contribution in [0.1, 0.15) is 16.6 Å². The fourth-order valence-corrected chi connectivity index (χ4v) is 2.47. The van der Waals surface area contributed by atoms with Gasteiger partial charge in [-0.2, -0.15) is 4.98 Å². The molecule has 1 aliphatic rings. The van der Waals surface area contributed by atoms with Crippen LogP contribution >= 0.6 is 11.6 Å². The van der Waals surface area contributed by atoms with Crippen LogP contribution in [0.25, 0.3) is 0 Å². The maximum Gasteiger partial charge on any atom is 0.352 e. The molecule has 1 aliphatic heterocycles. The Bertz CT molecular complexity index is 899. The molecule has 0 spiro atoms. The highest BCUT2D eigenvalue weighted by Gasteiger charge is 2.23. The number of aliphatic hydroxyl groups is 1. The zero-order valence-electron chi connectivity index (χ0n) is 12.7. The molecule has 2 heterocycles. The van der Waals surface area contributed by atoms with Gasteiger partial charge in [-0.15, -0.1) is 0 Å². The average molecular weight is 366 g/mol. The second kappa shape index (κ2) is 7.14. The Morgan fingerprint density at radius 3 is 2.92 bits per heavy atom. The molecule has 7 nitrogen and oxygen atoms in total. The molecule has 3 rings (SSSR count). The van der Waals surface area contributed by atoms with Crippen molar-refractivity contribution >= 4 is 23.3 Å². The highest BCUT2D eigenvalue weighted by atomic mass is 35.5. The normalized spacial score (nSPS) is 19.2. The lowest BCUT2D eigenvalue weighted by molar-refractivity contribution is -0.0106. The number of halogens is 2. The molecule has 9 heteroatoms. The number of aliphatic hydroxyl groups excluding tert-OH is 1. The van der Waals surface area contributed by atoms with Crippen LogP contribution in [0.2, 0.25) is 5.02 Å². The molecule has 0 radical (unpaired) electrons. The number of aromatic nitrogens is 2. The Hall–Kier alpha value is -2.55. The molecule has 1 aromatic carbocycles. The van der Waals surface area contributed by atoms with Crippen molar-refractivity contribution in [2.75, 3.05) is 11.9 Å². The summed E-state index contributed by atoms with van der Waals surface area (Å²) in [5.74, 6) is -2.05. The summed E-state index contributed by atoms with van der Waals surface area (Å²) >= 11 is 5.80. The zero-order chi connectivity index (χ0) is 18.0. The van der Waals surface area contributed by atoms with E-state index < -0.39 is 35.6 Å². The Labute approximate surface area is 146 Å². The van der Waals surface area contributed by atoms with Crippen molar-refractivity contribution < 1.29 is 19.0 Å². The summed E-state index contributed by atoms with van der Waals surface area (Å²) in [7, 11) is 0. The molecule has 1 aromatic heterocycles. The number of carbonyl (C=O) groups is 1. The third-order valence-corrected chi connectivity index (χ3v) is 3.72. The van der Waals surface area contributed by atoms with E-state index in [-0.39, 0.29) is 12.2 Å². The number of carbonyl (C=O) groups excluding carboxylic acids is 1. The van der Waals surface area contributed by atoms with E-state index in [9.17, 15) is 14.0 Å². The van der Waals surface area contributed by atoms with E-state index in [0.29, 0.717) is 5.02 Å². The Morgan fingerprint density at radius 1 is 1.44 bits per heavy atom. The Morgan fingerprint density at radius 2 is 2.24 bits per heavy atom. The van der Waals surface area contributed by atoms with Gasteiger partial charge in [0.15, 0.2) is 17.9 Å². The van der Waals surface area contributed by atoms with Crippen molar-refractivity contribution in [3.05, 3.63) is 69.5 Å². The van der Waals surface area contributed by atoms with E-state index >= 15 is 0 Å². The van der Waals surface area contributed by atoms with Gasteiger partial charge in [0.2, 0.25) is 0 Å². The maximum atomic E-state index is 14.2. The van der Waals surface area contributed by atoms with Gasteiger partial charge in [-0.1, -0.05) is 23.7 Å². The highest BCUT2D eigenvalue weighted by molar-refractivity contribution is 6.31. The molecule has 2 N–H and O–H groups in total. The number of nitrogens with zero attached hydrogens (tertiary/aromatic N) is 2. The lowest BCUT2D eigenvalue weighted by atomic mass is 10.2. The largest absolute Gasteiger partial charge is 0.393 e. The van der Waals surface area contributed by atoms with E-state index in [4.69, 9.17) is 21.4 Å². The minimum absolute atomic E-state index is 0.200. The van der Waals surface area contributed by atoms with Crippen LogP contribution in [0.4, 0.5) is 10.2 Å².